The molecule has 0 unspecified atom stereocenters. The summed E-state index contributed by atoms with van der Waals surface area (Å²) in [6.07, 6.45) is 0.847. The van der Waals surface area contributed by atoms with Gasteiger partial charge in [0.05, 0.1) is 0 Å². The first-order chi connectivity index (χ1) is 5.50. The van der Waals surface area contributed by atoms with E-state index in [1.165, 1.54) is 4.31 Å². The number of nitrogens with zero attached hydrogens (tertiary/aromatic N) is 2. The quantitative estimate of drug-likeness (QED) is 0.527. The molecule has 12 heavy (non-hydrogen) atoms. The van der Waals surface area contributed by atoms with Gasteiger partial charge in [-0.1, -0.05) is 0 Å². The van der Waals surface area contributed by atoms with Crippen LogP contribution in [0.4, 0.5) is 0 Å². The fourth-order valence-corrected chi connectivity index (χ4v) is 2.39. The van der Waals surface area contributed by atoms with Crippen LogP contribution < -0.4 is 5.14 Å². The normalized spacial score (nSPS) is 23.8. The lowest BCUT2D eigenvalue weighted by atomic mass is 10.4. The molecule has 1 rings (SSSR count). The van der Waals surface area contributed by atoms with Gasteiger partial charge in [-0.15, -0.1) is 0 Å². The standard InChI is InChI=1S/C5H12IN3O2S/c6-8-2-1-3-9(5-4-8)12(7,10)11/h1-5H2,(H2,7,10,11). The van der Waals surface area contributed by atoms with E-state index in [9.17, 15) is 8.42 Å². The minimum Gasteiger partial charge on any atom is -0.246 e. The van der Waals surface area contributed by atoms with Crippen molar-refractivity contribution in [3.05, 3.63) is 0 Å². The van der Waals surface area contributed by atoms with Crippen LogP contribution in [0.15, 0.2) is 0 Å². The Hall–Kier alpha value is 0.560. The van der Waals surface area contributed by atoms with Crippen LogP contribution in [0.5, 0.6) is 0 Å². The highest BCUT2D eigenvalue weighted by Crippen LogP contribution is 2.08. The average molecular weight is 305 g/mol. The highest BCUT2D eigenvalue weighted by molar-refractivity contribution is 14.1. The lowest BCUT2D eigenvalue weighted by Gasteiger charge is -2.15. The summed E-state index contributed by atoms with van der Waals surface area (Å²) in [5, 5.41) is 5.00. The summed E-state index contributed by atoms with van der Waals surface area (Å²) in [5.74, 6) is 0. The number of hydrogen-bond donors (Lipinski definition) is 1. The van der Waals surface area contributed by atoms with Crippen molar-refractivity contribution in [2.24, 2.45) is 5.14 Å². The van der Waals surface area contributed by atoms with E-state index in [1.807, 2.05) is 0 Å². The van der Waals surface area contributed by atoms with E-state index in [4.69, 9.17) is 5.14 Å². The number of rotatable bonds is 1. The van der Waals surface area contributed by atoms with E-state index < -0.39 is 10.2 Å². The molecule has 1 aliphatic rings. The van der Waals surface area contributed by atoms with Crippen LogP contribution >= 0.6 is 22.9 Å². The minimum absolute atomic E-state index is 0.502. The lowest BCUT2D eigenvalue weighted by molar-refractivity contribution is 0.427. The van der Waals surface area contributed by atoms with Gasteiger partial charge in [0.2, 0.25) is 0 Å². The molecule has 0 aromatic heterocycles. The van der Waals surface area contributed by atoms with Crippen LogP contribution in [0.3, 0.4) is 0 Å². The summed E-state index contributed by atoms with van der Waals surface area (Å²) in [5.41, 5.74) is 0. The molecule has 7 heteroatoms. The smallest absolute Gasteiger partial charge is 0.246 e. The Kier molecular flexibility index (Phi) is 3.71. The molecule has 1 fully saturated rings. The highest BCUT2D eigenvalue weighted by Gasteiger charge is 2.20. The van der Waals surface area contributed by atoms with E-state index in [0.29, 0.717) is 13.1 Å². The predicted molar refractivity (Wildman–Crippen MR) is 54.9 cm³/mol. The summed E-state index contributed by atoms with van der Waals surface area (Å²) >= 11 is 2.19. The predicted octanol–water partition coefficient (Wildman–Crippen LogP) is -0.452. The molecule has 1 heterocycles. The third-order valence-electron chi connectivity index (χ3n) is 1.76. The van der Waals surface area contributed by atoms with Crippen LogP contribution in [0, 0.1) is 0 Å². The van der Waals surface area contributed by atoms with E-state index >= 15 is 0 Å². The van der Waals surface area contributed by atoms with Crippen LogP contribution in [0.1, 0.15) is 6.42 Å². The van der Waals surface area contributed by atoms with Gasteiger partial charge >= 0.3 is 0 Å². The average Bonchev–Trinajstić information content (AvgIpc) is 2.11. The summed E-state index contributed by atoms with van der Waals surface area (Å²) in [6.45, 7) is 2.71. The Balaban J connectivity index is 2.58. The number of hydrogen-bond acceptors (Lipinski definition) is 3. The summed E-state index contributed by atoms with van der Waals surface area (Å²) < 4.78 is 25.3. The number of nitrogens with two attached hydrogens (primary N) is 1. The first-order valence-corrected chi connectivity index (χ1v) is 6.15. The first-order valence-electron chi connectivity index (χ1n) is 3.69. The van der Waals surface area contributed by atoms with Crippen molar-refractivity contribution in [2.45, 2.75) is 6.42 Å². The maximum absolute atomic E-state index is 10.9. The molecule has 0 aromatic carbocycles. The molecule has 0 aliphatic carbocycles. The highest BCUT2D eigenvalue weighted by atomic mass is 127. The van der Waals surface area contributed by atoms with Crippen molar-refractivity contribution in [2.75, 3.05) is 26.2 Å². The van der Waals surface area contributed by atoms with Crippen molar-refractivity contribution in [1.82, 2.24) is 7.42 Å². The topological polar surface area (TPSA) is 66.6 Å². The molecule has 0 bridgehead atoms. The molecule has 0 spiro atoms. The second kappa shape index (κ2) is 4.18. The van der Waals surface area contributed by atoms with Gasteiger partial charge in [-0.3, -0.25) is 0 Å². The van der Waals surface area contributed by atoms with Crippen molar-refractivity contribution in [3.63, 3.8) is 0 Å². The molecule has 72 valence electrons. The van der Waals surface area contributed by atoms with E-state index in [0.717, 1.165) is 19.5 Å². The van der Waals surface area contributed by atoms with E-state index in [2.05, 4.69) is 26.0 Å². The Morgan fingerprint density at radius 1 is 1.17 bits per heavy atom. The summed E-state index contributed by atoms with van der Waals surface area (Å²) in [4.78, 5) is 0. The van der Waals surface area contributed by atoms with Gasteiger partial charge in [-0.2, -0.15) is 12.7 Å². The molecule has 0 saturated carbocycles. The van der Waals surface area contributed by atoms with Crippen LogP contribution in [-0.2, 0) is 10.2 Å². The van der Waals surface area contributed by atoms with Gasteiger partial charge < -0.3 is 0 Å². The SMILES string of the molecule is NS(=O)(=O)N1CCCN(I)CC1. The Morgan fingerprint density at radius 3 is 2.42 bits per heavy atom. The molecular weight excluding hydrogens is 293 g/mol. The molecule has 0 amide bonds. The van der Waals surface area contributed by atoms with Gasteiger partial charge in [0, 0.05) is 49.0 Å². The van der Waals surface area contributed by atoms with Gasteiger partial charge in [-0.25, -0.2) is 8.25 Å². The van der Waals surface area contributed by atoms with Gasteiger partial charge in [0.25, 0.3) is 10.2 Å². The fourth-order valence-electron chi connectivity index (χ4n) is 1.12. The maximum Gasteiger partial charge on any atom is 0.276 e. The molecule has 0 atom stereocenters. The molecule has 0 radical (unpaired) electrons. The first kappa shape index (κ1) is 10.6. The van der Waals surface area contributed by atoms with Crippen molar-refractivity contribution >= 4 is 33.1 Å². The minimum atomic E-state index is -3.47. The zero-order valence-electron chi connectivity index (χ0n) is 6.61. The van der Waals surface area contributed by atoms with Gasteiger partial charge in [-0.05, 0) is 6.42 Å². The Morgan fingerprint density at radius 2 is 1.83 bits per heavy atom. The van der Waals surface area contributed by atoms with Crippen molar-refractivity contribution in [3.8, 4) is 0 Å². The monoisotopic (exact) mass is 305 g/mol. The third-order valence-corrected chi connectivity index (χ3v) is 3.81. The number of halogens is 1. The van der Waals surface area contributed by atoms with E-state index in [-0.39, 0.29) is 0 Å². The molecule has 1 saturated heterocycles. The summed E-state index contributed by atoms with van der Waals surface area (Å²) in [7, 11) is -3.47. The Labute approximate surface area is 86.6 Å². The fraction of sp³-hybridized carbons (Fsp3) is 1.00. The maximum atomic E-state index is 10.9. The largest absolute Gasteiger partial charge is 0.276 e. The lowest BCUT2D eigenvalue weighted by Crippen LogP contribution is -2.38. The Bertz CT molecular complexity index is 243. The van der Waals surface area contributed by atoms with E-state index in [1.54, 1.807) is 0 Å². The van der Waals surface area contributed by atoms with Crippen molar-refractivity contribution in [1.29, 1.82) is 0 Å². The van der Waals surface area contributed by atoms with Gasteiger partial charge in [0.1, 0.15) is 0 Å². The second-order valence-corrected chi connectivity index (χ2v) is 5.62. The van der Waals surface area contributed by atoms with Crippen LogP contribution in [-0.4, -0.2) is 42.0 Å². The third kappa shape index (κ3) is 3.13. The molecule has 0 aromatic rings. The molecular formula is C5H12IN3O2S. The molecule has 1 aliphatic heterocycles. The molecule has 5 nitrogen and oxygen atoms in total. The summed E-state index contributed by atoms with van der Waals surface area (Å²) in [6, 6.07) is 0. The van der Waals surface area contributed by atoms with Gasteiger partial charge in [0.15, 0.2) is 0 Å². The van der Waals surface area contributed by atoms with Crippen LogP contribution in [0.25, 0.3) is 0 Å². The van der Waals surface area contributed by atoms with Crippen molar-refractivity contribution < 1.29 is 8.42 Å². The zero-order valence-corrected chi connectivity index (χ0v) is 9.58. The zero-order chi connectivity index (χ0) is 9.19. The van der Waals surface area contributed by atoms with Crippen LogP contribution in [0.2, 0.25) is 0 Å². The molecule has 2 N–H and O–H groups in total. The second-order valence-electron chi connectivity index (χ2n) is 2.71.